The first-order valence-electron chi connectivity index (χ1n) is 7.83. The lowest BCUT2D eigenvalue weighted by molar-refractivity contribution is 0.0945. The van der Waals surface area contributed by atoms with E-state index >= 15 is 0 Å². The number of fused-ring (bicyclic) bond motifs is 1. The van der Waals surface area contributed by atoms with Crippen molar-refractivity contribution in [2.75, 3.05) is 11.9 Å². The molecule has 0 amide bonds. The van der Waals surface area contributed by atoms with Crippen LogP contribution >= 0.6 is 0 Å². The van der Waals surface area contributed by atoms with E-state index in [1.165, 1.54) is 0 Å². The minimum Gasteiger partial charge on any atom is -0.389 e. The molecule has 1 aromatic carbocycles. The predicted molar refractivity (Wildman–Crippen MR) is 95.8 cm³/mol. The molecule has 0 fully saturated rings. The molecule has 2 heterocycles. The molecular weight excluding hydrogens is 300 g/mol. The number of aliphatic hydroxyl groups is 1. The van der Waals surface area contributed by atoms with Crippen LogP contribution in [0.2, 0.25) is 0 Å². The fraction of sp³-hybridized carbons (Fsp3) is 0.263. The van der Waals surface area contributed by atoms with Crippen molar-refractivity contribution in [3.8, 4) is 17.3 Å². The molecule has 0 aliphatic carbocycles. The van der Waals surface area contributed by atoms with Crippen LogP contribution in [0.4, 0.5) is 5.69 Å². The minimum absolute atomic E-state index is 0.452. The number of aromatic nitrogens is 2. The average Bonchev–Trinajstić information content (AvgIpc) is 2.96. The highest BCUT2D eigenvalue weighted by molar-refractivity contribution is 5.97. The number of nitrogens with zero attached hydrogens (tertiary/aromatic N) is 2. The van der Waals surface area contributed by atoms with Gasteiger partial charge in [-0.2, -0.15) is 5.26 Å². The van der Waals surface area contributed by atoms with Gasteiger partial charge in [-0.25, -0.2) is 0 Å². The van der Waals surface area contributed by atoms with Gasteiger partial charge in [-0.05, 0) is 39.0 Å². The first-order valence-corrected chi connectivity index (χ1v) is 7.83. The minimum atomic E-state index is -0.782. The van der Waals surface area contributed by atoms with Crippen LogP contribution in [0, 0.1) is 18.3 Å². The van der Waals surface area contributed by atoms with Crippen molar-refractivity contribution in [1.82, 2.24) is 9.97 Å². The Morgan fingerprint density at radius 2 is 2.08 bits per heavy atom. The molecule has 0 radical (unpaired) electrons. The van der Waals surface area contributed by atoms with Crippen LogP contribution in [-0.4, -0.2) is 27.2 Å². The highest BCUT2D eigenvalue weighted by Gasteiger charge is 2.14. The van der Waals surface area contributed by atoms with E-state index in [1.807, 2.05) is 37.4 Å². The van der Waals surface area contributed by atoms with Crippen molar-refractivity contribution >= 4 is 16.6 Å². The molecule has 3 N–H and O–H groups in total. The van der Waals surface area contributed by atoms with Gasteiger partial charge in [0, 0.05) is 23.7 Å². The lowest BCUT2D eigenvalue weighted by Crippen LogP contribution is -2.29. The fourth-order valence-electron chi connectivity index (χ4n) is 2.67. The Morgan fingerprint density at radius 1 is 1.29 bits per heavy atom. The highest BCUT2D eigenvalue weighted by atomic mass is 16.3. The number of anilines is 1. The van der Waals surface area contributed by atoms with Gasteiger partial charge in [0.15, 0.2) is 0 Å². The molecule has 0 unspecified atom stereocenters. The Labute approximate surface area is 141 Å². The summed E-state index contributed by atoms with van der Waals surface area (Å²) in [5.41, 5.74) is 4.26. The standard InChI is InChI=1S/C19H20N4O/c1-12-16(22-11-19(2,3)24)7-8-17(23-12)15-10-21-18-13(9-20)5-4-6-14(15)18/h4-8,10,21-22,24H,11H2,1-3H3. The van der Waals surface area contributed by atoms with E-state index in [4.69, 9.17) is 0 Å². The summed E-state index contributed by atoms with van der Waals surface area (Å²) < 4.78 is 0. The average molecular weight is 320 g/mol. The summed E-state index contributed by atoms with van der Waals surface area (Å²) in [6.45, 7) is 5.91. The third kappa shape index (κ3) is 3.10. The summed E-state index contributed by atoms with van der Waals surface area (Å²) >= 11 is 0. The van der Waals surface area contributed by atoms with Crippen molar-refractivity contribution in [3.63, 3.8) is 0 Å². The Bertz CT molecular complexity index is 929. The lowest BCUT2D eigenvalue weighted by Gasteiger charge is -2.19. The highest BCUT2D eigenvalue weighted by Crippen LogP contribution is 2.30. The van der Waals surface area contributed by atoms with Gasteiger partial charge in [-0.15, -0.1) is 0 Å². The molecule has 3 rings (SSSR count). The maximum atomic E-state index is 9.83. The van der Waals surface area contributed by atoms with Gasteiger partial charge in [0.25, 0.3) is 0 Å². The summed E-state index contributed by atoms with van der Waals surface area (Å²) in [7, 11) is 0. The first kappa shape index (κ1) is 16.0. The molecule has 0 aliphatic rings. The van der Waals surface area contributed by atoms with Crippen LogP contribution in [0.15, 0.2) is 36.5 Å². The van der Waals surface area contributed by atoms with E-state index in [-0.39, 0.29) is 0 Å². The summed E-state index contributed by atoms with van der Waals surface area (Å²) in [6.07, 6.45) is 1.89. The SMILES string of the molecule is Cc1nc(-c2c[nH]c3c(C#N)cccc23)ccc1NCC(C)(C)O. The quantitative estimate of drug-likeness (QED) is 0.686. The number of para-hydroxylation sites is 1. The summed E-state index contributed by atoms with van der Waals surface area (Å²) in [5, 5.41) is 23.2. The lowest BCUT2D eigenvalue weighted by atomic mass is 10.1. The van der Waals surface area contributed by atoms with Crippen LogP contribution in [-0.2, 0) is 0 Å². The molecule has 5 nitrogen and oxygen atoms in total. The summed E-state index contributed by atoms with van der Waals surface area (Å²) in [4.78, 5) is 7.85. The van der Waals surface area contributed by atoms with Gasteiger partial charge in [0.2, 0.25) is 0 Å². The monoisotopic (exact) mass is 320 g/mol. The zero-order valence-corrected chi connectivity index (χ0v) is 14.0. The van der Waals surface area contributed by atoms with Crippen LogP contribution in [0.1, 0.15) is 25.1 Å². The third-order valence-corrected chi connectivity index (χ3v) is 3.91. The predicted octanol–water partition coefficient (Wildman–Crippen LogP) is 3.59. The van der Waals surface area contributed by atoms with Gasteiger partial charge >= 0.3 is 0 Å². The number of hydrogen-bond donors (Lipinski definition) is 3. The first-order chi connectivity index (χ1) is 11.4. The van der Waals surface area contributed by atoms with E-state index in [0.29, 0.717) is 12.1 Å². The smallest absolute Gasteiger partial charge is 0.101 e. The molecule has 24 heavy (non-hydrogen) atoms. The molecular formula is C19H20N4O. The van der Waals surface area contributed by atoms with E-state index in [0.717, 1.165) is 33.5 Å². The largest absolute Gasteiger partial charge is 0.389 e. The maximum absolute atomic E-state index is 9.83. The van der Waals surface area contributed by atoms with E-state index in [2.05, 4.69) is 21.4 Å². The van der Waals surface area contributed by atoms with E-state index in [1.54, 1.807) is 19.9 Å². The topological polar surface area (TPSA) is 84.7 Å². The Hall–Kier alpha value is -2.84. The molecule has 122 valence electrons. The molecule has 2 aromatic heterocycles. The van der Waals surface area contributed by atoms with Gasteiger partial charge in [-0.3, -0.25) is 4.98 Å². The van der Waals surface area contributed by atoms with Gasteiger partial charge < -0.3 is 15.4 Å². The summed E-state index contributed by atoms with van der Waals surface area (Å²) in [6, 6.07) is 11.8. The van der Waals surface area contributed by atoms with Crippen molar-refractivity contribution in [2.45, 2.75) is 26.4 Å². The Kier molecular flexibility index (Phi) is 4.00. The van der Waals surface area contributed by atoms with Crippen LogP contribution in [0.3, 0.4) is 0 Å². The number of nitriles is 1. The number of rotatable bonds is 4. The fourth-order valence-corrected chi connectivity index (χ4v) is 2.67. The van der Waals surface area contributed by atoms with Crippen molar-refractivity contribution in [3.05, 3.63) is 47.8 Å². The number of pyridine rings is 1. The molecule has 0 saturated heterocycles. The third-order valence-electron chi connectivity index (χ3n) is 3.91. The number of nitrogens with one attached hydrogen (secondary N) is 2. The maximum Gasteiger partial charge on any atom is 0.101 e. The second-order valence-corrected chi connectivity index (χ2v) is 6.54. The second-order valence-electron chi connectivity index (χ2n) is 6.54. The molecule has 0 spiro atoms. The van der Waals surface area contributed by atoms with Crippen LogP contribution in [0.5, 0.6) is 0 Å². The molecule has 3 aromatic rings. The summed E-state index contributed by atoms with van der Waals surface area (Å²) in [5.74, 6) is 0. The van der Waals surface area contributed by atoms with Crippen molar-refractivity contribution < 1.29 is 5.11 Å². The van der Waals surface area contributed by atoms with Gasteiger partial charge in [-0.1, -0.05) is 12.1 Å². The van der Waals surface area contributed by atoms with E-state index in [9.17, 15) is 10.4 Å². The molecule has 5 heteroatoms. The van der Waals surface area contributed by atoms with Crippen LogP contribution < -0.4 is 5.32 Å². The molecule has 0 saturated carbocycles. The van der Waals surface area contributed by atoms with E-state index < -0.39 is 5.60 Å². The Morgan fingerprint density at radius 3 is 2.75 bits per heavy atom. The number of hydrogen-bond acceptors (Lipinski definition) is 4. The number of aromatic amines is 1. The normalized spacial score (nSPS) is 11.5. The Balaban J connectivity index is 1.97. The zero-order valence-electron chi connectivity index (χ0n) is 14.0. The van der Waals surface area contributed by atoms with Gasteiger partial charge in [0.05, 0.1) is 33.8 Å². The second kappa shape index (κ2) is 5.99. The van der Waals surface area contributed by atoms with Gasteiger partial charge in [0.1, 0.15) is 6.07 Å². The van der Waals surface area contributed by atoms with Crippen molar-refractivity contribution in [2.24, 2.45) is 0 Å². The number of H-pyrrole nitrogens is 1. The molecule has 0 bridgehead atoms. The van der Waals surface area contributed by atoms with Crippen LogP contribution in [0.25, 0.3) is 22.2 Å². The number of aryl methyl sites for hydroxylation is 1. The molecule has 0 aliphatic heterocycles. The zero-order chi connectivity index (χ0) is 17.3. The molecule has 0 atom stereocenters. The van der Waals surface area contributed by atoms with Crippen molar-refractivity contribution in [1.29, 1.82) is 5.26 Å². The number of benzene rings is 1.